The number of pyridine rings is 1. The minimum atomic E-state index is 0.0498. The lowest BCUT2D eigenvalue weighted by molar-refractivity contribution is -0.709. The lowest BCUT2D eigenvalue weighted by atomic mass is 10.1. The molecule has 0 aliphatic rings. The van der Waals surface area contributed by atoms with Crippen LogP contribution in [-0.4, -0.2) is 10.4 Å². The Morgan fingerprint density at radius 3 is 2.64 bits per heavy atom. The van der Waals surface area contributed by atoms with E-state index in [4.69, 9.17) is 11.6 Å². The summed E-state index contributed by atoms with van der Waals surface area (Å²) in [5.41, 5.74) is 4.11. The molecule has 0 aliphatic heterocycles. The molecule has 0 amide bonds. The number of aromatic nitrogens is 2. The van der Waals surface area contributed by atoms with Crippen molar-refractivity contribution in [3.05, 3.63) is 101 Å². The molecule has 0 radical (unpaired) electrons. The Kier molecular flexibility index (Phi) is 5.01. The van der Waals surface area contributed by atoms with Crippen LogP contribution in [0.3, 0.4) is 0 Å². The summed E-state index contributed by atoms with van der Waals surface area (Å²) in [5.74, 6) is 0.0498. The molecule has 4 rings (SSSR count). The van der Waals surface area contributed by atoms with Crippen molar-refractivity contribution in [2.75, 3.05) is 0 Å². The van der Waals surface area contributed by atoms with Crippen molar-refractivity contribution in [3.63, 3.8) is 0 Å². The number of carbonyl (C=O) groups excluding carboxylic acids is 1. The van der Waals surface area contributed by atoms with Crippen LogP contribution in [0.25, 0.3) is 10.9 Å². The van der Waals surface area contributed by atoms with E-state index in [1.807, 2.05) is 29.0 Å². The Hall–Kier alpha value is -2.91. The molecule has 2 heterocycles. The van der Waals surface area contributed by atoms with E-state index >= 15 is 0 Å². The quantitative estimate of drug-likeness (QED) is 0.332. The number of hydrogen-bond donors (Lipinski definition) is 0. The highest BCUT2D eigenvalue weighted by atomic mass is 35.5. The fourth-order valence-corrected chi connectivity index (χ4v) is 3.81. The highest BCUT2D eigenvalue weighted by molar-refractivity contribution is 6.31. The van der Waals surface area contributed by atoms with E-state index < -0.39 is 0 Å². The molecular formula is C24H22ClN2O+. The number of carbonyl (C=O) groups is 1. The molecule has 4 heteroatoms. The number of aryl methyl sites for hydroxylation is 1. The molecule has 0 saturated heterocycles. The smallest absolute Gasteiger partial charge is 0.182 e. The molecule has 0 saturated carbocycles. The first-order chi connectivity index (χ1) is 13.5. The van der Waals surface area contributed by atoms with Crippen molar-refractivity contribution in [2.24, 2.45) is 0 Å². The van der Waals surface area contributed by atoms with Gasteiger partial charge in [0.1, 0.15) is 0 Å². The summed E-state index contributed by atoms with van der Waals surface area (Å²) in [6.45, 7) is 4.57. The van der Waals surface area contributed by atoms with Crippen LogP contribution in [-0.2, 0) is 6.54 Å². The van der Waals surface area contributed by atoms with Crippen molar-refractivity contribution in [1.82, 2.24) is 4.57 Å². The van der Waals surface area contributed by atoms with Gasteiger partial charge in [0.15, 0.2) is 24.2 Å². The van der Waals surface area contributed by atoms with Gasteiger partial charge in [0.2, 0.25) is 0 Å². The van der Waals surface area contributed by atoms with Gasteiger partial charge in [0.05, 0.1) is 17.4 Å². The van der Waals surface area contributed by atoms with Gasteiger partial charge in [-0.15, -0.1) is 0 Å². The van der Waals surface area contributed by atoms with Gasteiger partial charge in [-0.05, 0) is 24.6 Å². The second-order valence-electron chi connectivity index (χ2n) is 7.15. The zero-order chi connectivity index (χ0) is 19.7. The zero-order valence-corrected chi connectivity index (χ0v) is 16.7. The minimum Gasteiger partial charge on any atom is -0.339 e. The van der Waals surface area contributed by atoms with Crippen LogP contribution in [0.1, 0.15) is 34.5 Å². The monoisotopic (exact) mass is 389 g/mol. The minimum absolute atomic E-state index is 0.0498. The Bertz CT molecular complexity index is 1150. The molecule has 0 N–H and O–H groups in total. The van der Waals surface area contributed by atoms with Crippen molar-refractivity contribution in [2.45, 2.75) is 26.4 Å². The van der Waals surface area contributed by atoms with E-state index in [9.17, 15) is 4.79 Å². The first-order valence-corrected chi connectivity index (χ1v) is 9.74. The number of benzene rings is 2. The van der Waals surface area contributed by atoms with Gasteiger partial charge in [-0.3, -0.25) is 4.79 Å². The summed E-state index contributed by atoms with van der Waals surface area (Å²) in [5, 5.41) is 1.74. The SMILES string of the molecule is Cc1cn(CC(=O)c2cccc(Cl)c2)c2cc[n+](C(C)c3ccccc3)cc12. The van der Waals surface area contributed by atoms with E-state index in [1.54, 1.807) is 12.1 Å². The van der Waals surface area contributed by atoms with Crippen molar-refractivity contribution < 1.29 is 9.36 Å². The first-order valence-electron chi connectivity index (χ1n) is 9.37. The summed E-state index contributed by atoms with van der Waals surface area (Å²) in [4.78, 5) is 12.7. The zero-order valence-electron chi connectivity index (χ0n) is 16.0. The highest BCUT2D eigenvalue weighted by Gasteiger charge is 2.18. The Morgan fingerprint density at radius 2 is 1.89 bits per heavy atom. The van der Waals surface area contributed by atoms with Crippen molar-refractivity contribution in [1.29, 1.82) is 0 Å². The standard InChI is InChI=1S/C24H22ClN2O/c1-17-14-27(16-24(28)20-9-6-10-21(25)13-20)23-11-12-26(15-22(17)23)18(2)19-7-4-3-5-8-19/h3-15,18H,16H2,1-2H3/q+1. The van der Waals surface area contributed by atoms with E-state index in [2.05, 4.69) is 61.1 Å². The number of hydrogen-bond acceptors (Lipinski definition) is 1. The molecule has 140 valence electrons. The maximum atomic E-state index is 12.7. The number of halogens is 1. The first kappa shape index (κ1) is 18.5. The fourth-order valence-electron chi connectivity index (χ4n) is 3.62. The van der Waals surface area contributed by atoms with Gasteiger partial charge in [-0.25, -0.2) is 0 Å². The van der Waals surface area contributed by atoms with Crippen LogP contribution in [0.2, 0.25) is 5.02 Å². The third kappa shape index (κ3) is 3.58. The number of ketones is 1. The van der Waals surface area contributed by atoms with Crippen molar-refractivity contribution in [3.8, 4) is 0 Å². The third-order valence-corrected chi connectivity index (χ3v) is 5.47. The maximum absolute atomic E-state index is 12.7. The lowest BCUT2D eigenvalue weighted by Gasteiger charge is -2.08. The summed E-state index contributed by atoms with van der Waals surface area (Å²) in [7, 11) is 0. The normalized spacial score (nSPS) is 12.2. The molecule has 2 aromatic heterocycles. The summed E-state index contributed by atoms with van der Waals surface area (Å²) < 4.78 is 4.24. The van der Waals surface area contributed by atoms with Crippen LogP contribution < -0.4 is 4.57 Å². The number of rotatable bonds is 5. The van der Waals surface area contributed by atoms with Gasteiger partial charge < -0.3 is 4.57 Å². The van der Waals surface area contributed by atoms with Crippen LogP contribution >= 0.6 is 11.6 Å². The molecule has 0 aliphatic carbocycles. The summed E-state index contributed by atoms with van der Waals surface area (Å²) in [6, 6.07) is 19.9. The van der Waals surface area contributed by atoms with Gasteiger partial charge in [-0.1, -0.05) is 54.1 Å². The Labute approximate surface area is 169 Å². The average Bonchev–Trinajstić information content (AvgIpc) is 3.03. The molecule has 0 fully saturated rings. The summed E-state index contributed by atoms with van der Waals surface area (Å²) in [6.07, 6.45) is 6.30. The topological polar surface area (TPSA) is 25.9 Å². The molecule has 28 heavy (non-hydrogen) atoms. The Balaban J connectivity index is 1.66. The van der Waals surface area contributed by atoms with Gasteiger partial charge in [0.25, 0.3) is 0 Å². The molecule has 2 aromatic carbocycles. The fraction of sp³-hybridized carbons (Fsp3) is 0.167. The average molecular weight is 390 g/mol. The van der Waals surface area contributed by atoms with E-state index in [1.165, 1.54) is 5.56 Å². The molecule has 0 spiro atoms. The number of nitrogens with zero attached hydrogens (tertiary/aromatic N) is 2. The van der Waals surface area contributed by atoms with E-state index in [0.29, 0.717) is 17.1 Å². The van der Waals surface area contributed by atoms with E-state index in [0.717, 1.165) is 16.5 Å². The Morgan fingerprint density at radius 1 is 1.11 bits per heavy atom. The number of Topliss-reactive ketones (excluding diaryl/α,β-unsaturated/α-hetero) is 1. The van der Waals surface area contributed by atoms with Gasteiger partial charge in [-0.2, -0.15) is 4.57 Å². The maximum Gasteiger partial charge on any atom is 0.182 e. The molecular weight excluding hydrogens is 368 g/mol. The van der Waals surface area contributed by atoms with Crippen LogP contribution in [0.4, 0.5) is 0 Å². The van der Waals surface area contributed by atoms with Gasteiger partial charge in [0, 0.05) is 35.3 Å². The predicted octanol–water partition coefficient (Wildman–Crippen LogP) is 5.38. The second-order valence-corrected chi connectivity index (χ2v) is 7.59. The largest absolute Gasteiger partial charge is 0.339 e. The molecule has 1 atom stereocenters. The van der Waals surface area contributed by atoms with Crippen molar-refractivity contribution >= 4 is 28.3 Å². The predicted molar refractivity (Wildman–Crippen MR) is 113 cm³/mol. The molecule has 0 bridgehead atoms. The molecule has 3 nitrogen and oxygen atoms in total. The van der Waals surface area contributed by atoms with Gasteiger partial charge >= 0.3 is 0 Å². The van der Waals surface area contributed by atoms with Crippen LogP contribution in [0.15, 0.2) is 79.3 Å². The second kappa shape index (κ2) is 7.61. The van der Waals surface area contributed by atoms with Crippen LogP contribution in [0, 0.1) is 6.92 Å². The van der Waals surface area contributed by atoms with E-state index in [-0.39, 0.29) is 11.8 Å². The molecule has 1 unspecified atom stereocenters. The van der Waals surface area contributed by atoms with Crippen LogP contribution in [0.5, 0.6) is 0 Å². The summed E-state index contributed by atoms with van der Waals surface area (Å²) >= 11 is 6.03. The lowest BCUT2D eigenvalue weighted by Crippen LogP contribution is -2.37. The molecule has 4 aromatic rings. The highest BCUT2D eigenvalue weighted by Crippen LogP contribution is 2.21. The number of fused-ring (bicyclic) bond motifs is 1. The third-order valence-electron chi connectivity index (χ3n) is 5.23.